The molecule has 0 bridgehead atoms. The average molecular weight is 366 g/mol. The van der Waals surface area contributed by atoms with Gasteiger partial charge in [0, 0.05) is 12.1 Å². The highest BCUT2D eigenvalue weighted by Gasteiger charge is 2.35. The summed E-state index contributed by atoms with van der Waals surface area (Å²) in [6.45, 7) is 1.19. The van der Waals surface area contributed by atoms with Crippen LogP contribution in [-0.4, -0.2) is 16.6 Å². The summed E-state index contributed by atoms with van der Waals surface area (Å²) in [7, 11) is 0. The Balaban J connectivity index is 2.20. The van der Waals surface area contributed by atoms with Crippen molar-refractivity contribution in [1.82, 2.24) is 0 Å². The van der Waals surface area contributed by atoms with Crippen LogP contribution in [0.25, 0.3) is 0 Å². The number of anilines is 1. The Kier molecular flexibility index (Phi) is 5.33. The molecule has 0 radical (unpaired) electrons. The minimum atomic E-state index is -4.76. The fourth-order valence-corrected chi connectivity index (χ4v) is 2.30. The molecule has 0 unspecified atom stereocenters. The van der Waals surface area contributed by atoms with Crippen molar-refractivity contribution >= 4 is 11.6 Å². The van der Waals surface area contributed by atoms with Gasteiger partial charge in [-0.05, 0) is 42.8 Å². The molecular formula is C18H14F4N2O2. The summed E-state index contributed by atoms with van der Waals surface area (Å²) in [5.74, 6) is -1.41. The molecule has 0 aromatic heterocycles. The first-order chi connectivity index (χ1) is 12.0. The van der Waals surface area contributed by atoms with Gasteiger partial charge in [0.05, 0.1) is 17.2 Å². The number of alkyl halides is 3. The van der Waals surface area contributed by atoms with E-state index in [2.05, 4.69) is 5.32 Å². The van der Waals surface area contributed by atoms with Gasteiger partial charge >= 0.3 is 6.18 Å². The first-order valence-corrected chi connectivity index (χ1v) is 7.42. The molecule has 2 aromatic rings. The van der Waals surface area contributed by atoms with Crippen LogP contribution in [-0.2, 0) is 17.4 Å². The number of hydrogen-bond acceptors (Lipinski definition) is 3. The van der Waals surface area contributed by atoms with Gasteiger partial charge in [-0.25, -0.2) is 4.39 Å². The molecule has 1 atom stereocenters. The van der Waals surface area contributed by atoms with Crippen molar-refractivity contribution in [2.45, 2.75) is 25.1 Å². The fraction of sp³-hybridized carbons (Fsp3) is 0.222. The molecule has 26 heavy (non-hydrogen) atoms. The van der Waals surface area contributed by atoms with E-state index in [1.165, 1.54) is 37.3 Å². The highest BCUT2D eigenvalue weighted by atomic mass is 19.4. The Morgan fingerprint density at radius 1 is 1.19 bits per heavy atom. The third-order valence-corrected chi connectivity index (χ3v) is 3.65. The minimum absolute atomic E-state index is 0.165. The van der Waals surface area contributed by atoms with Crippen LogP contribution >= 0.6 is 0 Å². The lowest BCUT2D eigenvalue weighted by molar-refractivity contribution is -0.138. The molecule has 2 rings (SSSR count). The zero-order valence-electron chi connectivity index (χ0n) is 13.6. The van der Waals surface area contributed by atoms with Crippen LogP contribution in [0.2, 0.25) is 0 Å². The van der Waals surface area contributed by atoms with E-state index in [9.17, 15) is 27.5 Å². The molecule has 136 valence electrons. The van der Waals surface area contributed by atoms with Crippen LogP contribution in [0, 0.1) is 17.1 Å². The Labute approximate surface area is 146 Å². The molecule has 0 fully saturated rings. The van der Waals surface area contributed by atoms with Gasteiger partial charge in [0.2, 0.25) is 0 Å². The zero-order chi connectivity index (χ0) is 19.5. The zero-order valence-corrected chi connectivity index (χ0v) is 13.6. The predicted octanol–water partition coefficient (Wildman–Crippen LogP) is 3.65. The number of nitriles is 1. The highest BCUT2D eigenvalue weighted by molar-refractivity contribution is 5.97. The van der Waals surface area contributed by atoms with Crippen molar-refractivity contribution in [2.24, 2.45) is 0 Å². The summed E-state index contributed by atoms with van der Waals surface area (Å²) < 4.78 is 51.8. The predicted molar refractivity (Wildman–Crippen MR) is 85.5 cm³/mol. The molecular weight excluding hydrogens is 352 g/mol. The fourth-order valence-electron chi connectivity index (χ4n) is 2.30. The van der Waals surface area contributed by atoms with Crippen molar-refractivity contribution < 1.29 is 27.5 Å². The van der Waals surface area contributed by atoms with E-state index in [4.69, 9.17) is 5.26 Å². The second-order valence-electron chi connectivity index (χ2n) is 5.90. The summed E-state index contributed by atoms with van der Waals surface area (Å²) in [5, 5.41) is 21.3. The molecule has 0 aliphatic heterocycles. The molecule has 0 aliphatic rings. The summed E-state index contributed by atoms with van der Waals surface area (Å²) in [4.78, 5) is 12.2. The SMILES string of the molecule is C[C@](O)(Cc1ccc(F)cc1)C(=O)Nc1ccc(C#N)c(C(F)(F)F)c1. The van der Waals surface area contributed by atoms with E-state index in [1.54, 1.807) is 0 Å². The molecule has 2 N–H and O–H groups in total. The number of hydrogen-bond donors (Lipinski definition) is 2. The highest BCUT2D eigenvalue weighted by Crippen LogP contribution is 2.33. The molecule has 8 heteroatoms. The number of halogens is 4. The van der Waals surface area contributed by atoms with E-state index in [0.29, 0.717) is 11.6 Å². The second-order valence-corrected chi connectivity index (χ2v) is 5.90. The maximum atomic E-state index is 13.0. The van der Waals surface area contributed by atoms with Crippen molar-refractivity contribution in [1.29, 1.82) is 5.26 Å². The number of amides is 1. The summed E-state index contributed by atoms with van der Waals surface area (Å²) in [5.41, 5.74) is -3.43. The number of aliphatic hydroxyl groups is 1. The Morgan fingerprint density at radius 2 is 1.81 bits per heavy atom. The monoisotopic (exact) mass is 366 g/mol. The smallest absolute Gasteiger partial charge is 0.380 e. The summed E-state index contributed by atoms with van der Waals surface area (Å²) in [6, 6.07) is 9.25. The lowest BCUT2D eigenvalue weighted by atomic mass is 9.95. The third kappa shape index (κ3) is 4.58. The number of carbonyl (C=O) groups excluding carboxylic acids is 1. The van der Waals surface area contributed by atoms with Crippen LogP contribution in [0.3, 0.4) is 0 Å². The first-order valence-electron chi connectivity index (χ1n) is 7.42. The quantitative estimate of drug-likeness (QED) is 0.812. The van der Waals surface area contributed by atoms with E-state index < -0.39 is 34.6 Å². The van der Waals surface area contributed by atoms with Gasteiger partial charge in [0.15, 0.2) is 0 Å². The van der Waals surface area contributed by atoms with Crippen LogP contribution < -0.4 is 5.32 Å². The van der Waals surface area contributed by atoms with Crippen molar-refractivity contribution in [3.05, 3.63) is 65.0 Å². The van der Waals surface area contributed by atoms with E-state index in [1.807, 2.05) is 0 Å². The molecule has 0 spiro atoms. The topological polar surface area (TPSA) is 73.1 Å². The summed E-state index contributed by atoms with van der Waals surface area (Å²) >= 11 is 0. The first kappa shape index (κ1) is 19.4. The Hall–Kier alpha value is -2.92. The Bertz CT molecular complexity index is 853. The second kappa shape index (κ2) is 7.14. The lowest BCUT2D eigenvalue weighted by Gasteiger charge is -2.23. The van der Waals surface area contributed by atoms with E-state index in [-0.39, 0.29) is 12.1 Å². The van der Waals surface area contributed by atoms with Gasteiger partial charge in [-0.1, -0.05) is 12.1 Å². The van der Waals surface area contributed by atoms with Gasteiger partial charge in [0.25, 0.3) is 5.91 Å². The van der Waals surface area contributed by atoms with Crippen molar-refractivity contribution in [2.75, 3.05) is 5.32 Å². The normalized spacial score (nSPS) is 13.6. The number of nitrogens with zero attached hydrogens (tertiary/aromatic N) is 1. The van der Waals surface area contributed by atoms with E-state index in [0.717, 1.165) is 12.1 Å². The van der Waals surface area contributed by atoms with Crippen LogP contribution in [0.1, 0.15) is 23.6 Å². The number of rotatable bonds is 4. The lowest BCUT2D eigenvalue weighted by Crippen LogP contribution is -2.42. The van der Waals surface area contributed by atoms with Crippen LogP contribution in [0.15, 0.2) is 42.5 Å². The number of nitrogens with one attached hydrogen (secondary N) is 1. The van der Waals surface area contributed by atoms with Crippen molar-refractivity contribution in [3.63, 3.8) is 0 Å². The minimum Gasteiger partial charge on any atom is -0.380 e. The van der Waals surface area contributed by atoms with Crippen LogP contribution in [0.5, 0.6) is 0 Å². The van der Waals surface area contributed by atoms with Gasteiger partial charge in [-0.2, -0.15) is 18.4 Å². The van der Waals surface area contributed by atoms with Gasteiger partial charge in [0.1, 0.15) is 11.4 Å². The number of benzene rings is 2. The van der Waals surface area contributed by atoms with Gasteiger partial charge < -0.3 is 10.4 Å². The average Bonchev–Trinajstić information content (AvgIpc) is 2.56. The van der Waals surface area contributed by atoms with E-state index >= 15 is 0 Å². The van der Waals surface area contributed by atoms with Crippen molar-refractivity contribution in [3.8, 4) is 6.07 Å². The maximum Gasteiger partial charge on any atom is 0.417 e. The standard InChI is InChI=1S/C18H14F4N2O2/c1-17(26,9-11-2-5-13(19)6-3-11)16(25)24-14-7-4-12(10-23)15(8-14)18(20,21)22/h2-8,26H,9H2,1H3,(H,24,25)/t17-/m0/s1. The molecule has 2 aromatic carbocycles. The third-order valence-electron chi connectivity index (χ3n) is 3.65. The molecule has 0 saturated carbocycles. The largest absolute Gasteiger partial charge is 0.417 e. The molecule has 0 aliphatic carbocycles. The van der Waals surface area contributed by atoms with Gasteiger partial charge in [-0.3, -0.25) is 4.79 Å². The molecule has 1 amide bonds. The molecule has 0 saturated heterocycles. The number of carbonyl (C=O) groups is 1. The van der Waals surface area contributed by atoms with Gasteiger partial charge in [-0.15, -0.1) is 0 Å². The Morgan fingerprint density at radius 3 is 2.35 bits per heavy atom. The molecule has 0 heterocycles. The summed E-state index contributed by atoms with van der Waals surface area (Å²) in [6.07, 6.45) is -4.93. The molecule has 4 nitrogen and oxygen atoms in total. The van der Waals surface area contributed by atoms with Crippen LogP contribution in [0.4, 0.5) is 23.2 Å². The maximum absolute atomic E-state index is 13.0.